The van der Waals surface area contributed by atoms with Crippen LogP contribution in [-0.2, 0) is 20.8 Å². The number of benzene rings is 1. The molecule has 1 aromatic heterocycles. The van der Waals surface area contributed by atoms with E-state index in [1.165, 1.54) is 5.56 Å². The van der Waals surface area contributed by atoms with E-state index in [9.17, 15) is 8.42 Å². The van der Waals surface area contributed by atoms with Crippen LogP contribution in [0, 0.1) is 5.92 Å². The van der Waals surface area contributed by atoms with Crippen molar-refractivity contribution in [2.24, 2.45) is 5.92 Å². The average Bonchev–Trinajstić information content (AvgIpc) is 2.66. The smallest absolute Gasteiger partial charge is 0.264 e. The van der Waals surface area contributed by atoms with Gasteiger partial charge in [0.05, 0.1) is 20.0 Å². The summed E-state index contributed by atoms with van der Waals surface area (Å²) in [4.78, 5) is 6.94. The van der Waals surface area contributed by atoms with E-state index in [0.29, 0.717) is 5.88 Å². The zero-order chi connectivity index (χ0) is 19.3. The van der Waals surface area contributed by atoms with Crippen LogP contribution >= 0.6 is 0 Å². The fourth-order valence-corrected chi connectivity index (χ4v) is 4.04. The van der Waals surface area contributed by atoms with Crippen LogP contribution in [-0.4, -0.2) is 51.4 Å². The molecular weight excluding hydrogens is 364 g/mol. The molecule has 0 spiro atoms. The maximum absolute atomic E-state index is 11.4. The minimum atomic E-state index is -3.45. The van der Waals surface area contributed by atoms with Crippen molar-refractivity contribution in [2.75, 3.05) is 33.1 Å². The Hall–Kier alpha value is -1.96. The standard InChI is InChI=1S/C20H26N2O4S/c1-25-20-10-6-9-19(21-20)18-11-17(15-26-27(2,23)24)13-22(14-18)12-16-7-4-3-5-8-16/h3-10,17-18H,11-15H2,1-2H3/t17-,18+/m1/s1. The van der Waals surface area contributed by atoms with Gasteiger partial charge >= 0.3 is 0 Å². The Kier molecular flexibility index (Phi) is 6.46. The first-order valence-corrected chi connectivity index (χ1v) is 10.9. The number of hydrogen-bond acceptors (Lipinski definition) is 6. The fourth-order valence-electron chi connectivity index (χ4n) is 3.60. The first-order valence-electron chi connectivity index (χ1n) is 9.04. The third-order valence-corrected chi connectivity index (χ3v) is 5.32. The van der Waals surface area contributed by atoms with E-state index in [0.717, 1.165) is 38.0 Å². The summed E-state index contributed by atoms with van der Waals surface area (Å²) in [6.07, 6.45) is 1.93. The fraction of sp³-hybridized carbons (Fsp3) is 0.450. The summed E-state index contributed by atoms with van der Waals surface area (Å²) in [6, 6.07) is 16.1. The molecule has 2 aromatic rings. The van der Waals surface area contributed by atoms with E-state index in [1.807, 2.05) is 36.4 Å². The Bertz CT molecular complexity index is 842. The maximum atomic E-state index is 11.4. The highest BCUT2D eigenvalue weighted by Gasteiger charge is 2.30. The van der Waals surface area contributed by atoms with Gasteiger partial charge in [-0.15, -0.1) is 0 Å². The lowest BCUT2D eigenvalue weighted by Gasteiger charge is -2.37. The van der Waals surface area contributed by atoms with Crippen LogP contribution in [0.15, 0.2) is 48.5 Å². The minimum absolute atomic E-state index is 0.121. The maximum Gasteiger partial charge on any atom is 0.264 e. The second kappa shape index (κ2) is 8.82. The Morgan fingerprint density at radius 3 is 2.59 bits per heavy atom. The number of nitrogens with zero attached hydrogens (tertiary/aromatic N) is 2. The molecule has 0 bridgehead atoms. The zero-order valence-electron chi connectivity index (χ0n) is 15.7. The van der Waals surface area contributed by atoms with Gasteiger partial charge in [0.1, 0.15) is 0 Å². The number of ether oxygens (including phenoxy) is 1. The first-order chi connectivity index (χ1) is 12.9. The second-order valence-electron chi connectivity index (χ2n) is 7.07. The Balaban J connectivity index is 1.77. The number of pyridine rings is 1. The molecule has 1 fully saturated rings. The molecule has 0 unspecified atom stereocenters. The lowest BCUT2D eigenvalue weighted by molar-refractivity contribution is 0.112. The molecule has 27 heavy (non-hydrogen) atoms. The number of hydrogen-bond donors (Lipinski definition) is 0. The van der Waals surface area contributed by atoms with Crippen LogP contribution in [0.1, 0.15) is 23.6 Å². The molecule has 1 saturated heterocycles. The summed E-state index contributed by atoms with van der Waals surface area (Å²) >= 11 is 0. The largest absolute Gasteiger partial charge is 0.481 e. The van der Waals surface area contributed by atoms with Gasteiger partial charge in [-0.25, -0.2) is 4.98 Å². The summed E-state index contributed by atoms with van der Waals surface area (Å²) in [5.41, 5.74) is 2.20. The summed E-state index contributed by atoms with van der Waals surface area (Å²) in [6.45, 7) is 2.68. The topological polar surface area (TPSA) is 68.7 Å². The van der Waals surface area contributed by atoms with Gasteiger partial charge in [0, 0.05) is 37.3 Å². The van der Waals surface area contributed by atoms with Gasteiger partial charge in [0.15, 0.2) is 0 Å². The van der Waals surface area contributed by atoms with Crippen LogP contribution in [0.5, 0.6) is 5.88 Å². The van der Waals surface area contributed by atoms with Gasteiger partial charge < -0.3 is 4.74 Å². The van der Waals surface area contributed by atoms with Gasteiger partial charge in [0.25, 0.3) is 10.1 Å². The molecule has 0 aliphatic carbocycles. The van der Waals surface area contributed by atoms with Gasteiger partial charge in [0.2, 0.25) is 5.88 Å². The molecule has 0 radical (unpaired) electrons. The van der Waals surface area contributed by atoms with E-state index in [1.54, 1.807) is 7.11 Å². The average molecular weight is 391 g/mol. The van der Waals surface area contributed by atoms with Gasteiger partial charge in [-0.1, -0.05) is 36.4 Å². The van der Waals surface area contributed by atoms with E-state index in [-0.39, 0.29) is 18.4 Å². The monoisotopic (exact) mass is 390 g/mol. The molecule has 2 atom stereocenters. The second-order valence-corrected chi connectivity index (χ2v) is 8.72. The molecule has 0 amide bonds. The van der Waals surface area contributed by atoms with Crippen LogP contribution in [0.3, 0.4) is 0 Å². The van der Waals surface area contributed by atoms with Gasteiger partial charge in [-0.3, -0.25) is 9.08 Å². The molecule has 7 heteroatoms. The SMILES string of the molecule is COc1cccc([C@H]2C[C@@H](COS(C)(=O)=O)CN(Cc3ccccc3)C2)n1. The number of piperidine rings is 1. The molecule has 1 aliphatic rings. The first kappa shape index (κ1) is 19.8. The summed E-state index contributed by atoms with van der Waals surface area (Å²) < 4.78 is 33.2. The van der Waals surface area contributed by atoms with Crippen LogP contribution in [0.2, 0.25) is 0 Å². The van der Waals surface area contributed by atoms with Crippen molar-refractivity contribution in [3.8, 4) is 5.88 Å². The van der Waals surface area contributed by atoms with Crippen LogP contribution < -0.4 is 4.74 Å². The molecule has 3 rings (SSSR count). The lowest BCUT2D eigenvalue weighted by Crippen LogP contribution is -2.41. The highest BCUT2D eigenvalue weighted by molar-refractivity contribution is 7.85. The third kappa shape index (κ3) is 6.02. The number of aromatic nitrogens is 1. The predicted molar refractivity (Wildman–Crippen MR) is 104 cm³/mol. The minimum Gasteiger partial charge on any atom is -0.481 e. The lowest BCUT2D eigenvalue weighted by atomic mass is 9.87. The van der Waals surface area contributed by atoms with Crippen molar-refractivity contribution in [1.82, 2.24) is 9.88 Å². The molecule has 0 saturated carbocycles. The van der Waals surface area contributed by atoms with Crippen LogP contribution in [0.4, 0.5) is 0 Å². The highest BCUT2D eigenvalue weighted by atomic mass is 32.2. The molecule has 1 aliphatic heterocycles. The van der Waals surface area contributed by atoms with Crippen molar-refractivity contribution in [3.05, 3.63) is 59.8 Å². The highest BCUT2D eigenvalue weighted by Crippen LogP contribution is 2.31. The summed E-state index contributed by atoms with van der Waals surface area (Å²) in [5, 5.41) is 0. The Morgan fingerprint density at radius 1 is 1.11 bits per heavy atom. The van der Waals surface area contributed by atoms with Crippen molar-refractivity contribution in [1.29, 1.82) is 0 Å². The normalized spacial score (nSPS) is 21.1. The van der Waals surface area contributed by atoms with Crippen molar-refractivity contribution in [2.45, 2.75) is 18.9 Å². The van der Waals surface area contributed by atoms with Crippen LogP contribution in [0.25, 0.3) is 0 Å². The molecule has 1 aromatic carbocycles. The third-order valence-electron chi connectivity index (χ3n) is 4.75. The molecule has 0 N–H and O–H groups in total. The van der Waals surface area contributed by atoms with E-state index in [2.05, 4.69) is 22.0 Å². The number of methoxy groups -OCH3 is 1. The molecule has 2 heterocycles. The van der Waals surface area contributed by atoms with E-state index in [4.69, 9.17) is 8.92 Å². The summed E-state index contributed by atoms with van der Waals surface area (Å²) in [7, 11) is -1.84. The number of rotatable bonds is 7. The molecule has 146 valence electrons. The van der Waals surface area contributed by atoms with Crippen molar-refractivity contribution >= 4 is 10.1 Å². The molecular formula is C20H26N2O4S. The Labute approximate surface area is 161 Å². The van der Waals surface area contributed by atoms with Crippen molar-refractivity contribution in [3.63, 3.8) is 0 Å². The number of likely N-dealkylation sites (tertiary alicyclic amines) is 1. The zero-order valence-corrected chi connectivity index (χ0v) is 16.6. The summed E-state index contributed by atoms with van der Waals surface area (Å²) in [5.74, 6) is 0.914. The van der Waals surface area contributed by atoms with Crippen molar-refractivity contribution < 1.29 is 17.3 Å². The quantitative estimate of drug-likeness (QED) is 0.677. The molecule has 6 nitrogen and oxygen atoms in total. The van der Waals surface area contributed by atoms with E-state index < -0.39 is 10.1 Å². The van der Waals surface area contributed by atoms with E-state index >= 15 is 0 Å². The predicted octanol–water partition coefficient (Wildman–Crippen LogP) is 2.67. The van der Waals surface area contributed by atoms with Gasteiger partial charge in [-0.2, -0.15) is 8.42 Å². The Morgan fingerprint density at radius 2 is 1.89 bits per heavy atom. The van der Waals surface area contributed by atoms with Gasteiger partial charge in [-0.05, 0) is 24.0 Å².